The van der Waals surface area contributed by atoms with Crippen molar-refractivity contribution in [2.45, 2.75) is 84.2 Å². The van der Waals surface area contributed by atoms with E-state index in [0.717, 1.165) is 37.0 Å². The summed E-state index contributed by atoms with van der Waals surface area (Å²) >= 11 is 3.43. The van der Waals surface area contributed by atoms with E-state index < -0.39 is 5.60 Å². The Hall–Kier alpha value is 0.110. The lowest BCUT2D eigenvalue weighted by molar-refractivity contribution is -0.150. The standard InChI is InChI=1S/C22H35BrO2/c1-20(25)10-11-21(2)14(12-20)4-5-15-16-6-7-18(19(24)13-23)22(16,3)9-8-17(15)21/h14-18,25H,4-13H2,1-3H3/t14-,15?,16-,17-,18+,20+,21-,22-/m0/s1. The first kappa shape index (κ1) is 18.5. The molecule has 8 atom stereocenters. The van der Waals surface area contributed by atoms with Crippen molar-refractivity contribution in [2.75, 3.05) is 5.33 Å². The normalized spacial score (nSPS) is 55.2. The van der Waals surface area contributed by atoms with E-state index in [1.54, 1.807) is 0 Å². The molecule has 0 aromatic heterocycles. The predicted octanol–water partition coefficient (Wildman–Crippen LogP) is 5.36. The first-order chi connectivity index (χ1) is 11.7. The molecule has 1 unspecified atom stereocenters. The van der Waals surface area contributed by atoms with Gasteiger partial charge in [-0.1, -0.05) is 29.8 Å². The van der Waals surface area contributed by atoms with Crippen LogP contribution in [0.2, 0.25) is 0 Å². The summed E-state index contributed by atoms with van der Waals surface area (Å²) < 4.78 is 0. The molecule has 4 aliphatic rings. The topological polar surface area (TPSA) is 37.3 Å². The average Bonchev–Trinajstić information content (AvgIpc) is 2.92. The third-order valence-electron chi connectivity index (χ3n) is 9.47. The van der Waals surface area contributed by atoms with Gasteiger partial charge in [-0.05, 0) is 99.2 Å². The number of rotatable bonds is 2. The molecule has 3 heteroatoms. The SMILES string of the molecule is C[C@@]1(O)CC[C@@]2(C)[C@@H](CCC3[C@@H]2CC[C@]2(C)[C@@H](C(=O)CBr)CC[C@@H]32)C1. The van der Waals surface area contributed by atoms with Gasteiger partial charge < -0.3 is 5.11 Å². The molecule has 4 aliphatic carbocycles. The number of hydrogen-bond acceptors (Lipinski definition) is 2. The summed E-state index contributed by atoms with van der Waals surface area (Å²) in [6.07, 6.45) is 10.7. The molecule has 0 saturated heterocycles. The summed E-state index contributed by atoms with van der Waals surface area (Å²) in [7, 11) is 0. The number of carbonyl (C=O) groups excluding carboxylic acids is 1. The molecule has 0 radical (unpaired) electrons. The minimum absolute atomic E-state index is 0.245. The van der Waals surface area contributed by atoms with Gasteiger partial charge in [0.15, 0.2) is 0 Å². The number of Topliss-reactive ketones (excluding diaryl/α,β-unsaturated/α-hetero) is 1. The van der Waals surface area contributed by atoms with Crippen molar-refractivity contribution in [1.29, 1.82) is 0 Å². The lowest BCUT2D eigenvalue weighted by atomic mass is 9.44. The largest absolute Gasteiger partial charge is 0.390 e. The van der Waals surface area contributed by atoms with E-state index in [0.29, 0.717) is 22.4 Å². The second-order valence-corrected chi connectivity index (χ2v) is 11.2. The lowest BCUT2D eigenvalue weighted by Gasteiger charge is -2.61. The highest BCUT2D eigenvalue weighted by Gasteiger charge is 2.61. The minimum atomic E-state index is -0.444. The zero-order chi connectivity index (χ0) is 18.0. The van der Waals surface area contributed by atoms with E-state index in [1.165, 1.54) is 38.5 Å². The predicted molar refractivity (Wildman–Crippen MR) is 105 cm³/mol. The summed E-state index contributed by atoms with van der Waals surface area (Å²) in [4.78, 5) is 12.5. The molecule has 4 rings (SSSR count). The quantitative estimate of drug-likeness (QED) is 0.621. The molecule has 0 amide bonds. The number of ketones is 1. The van der Waals surface area contributed by atoms with Gasteiger partial charge in [0.2, 0.25) is 0 Å². The van der Waals surface area contributed by atoms with Crippen LogP contribution < -0.4 is 0 Å². The maximum absolute atomic E-state index is 12.5. The second-order valence-electron chi connectivity index (χ2n) is 10.6. The molecule has 4 saturated carbocycles. The molecule has 25 heavy (non-hydrogen) atoms. The number of halogens is 1. The van der Waals surface area contributed by atoms with Crippen LogP contribution in [0.25, 0.3) is 0 Å². The Balaban J connectivity index is 1.59. The van der Waals surface area contributed by atoms with E-state index in [4.69, 9.17) is 0 Å². The van der Waals surface area contributed by atoms with Crippen LogP contribution in [0.4, 0.5) is 0 Å². The van der Waals surface area contributed by atoms with Crippen LogP contribution in [-0.2, 0) is 4.79 Å². The Bertz CT molecular complexity index is 558. The molecule has 0 aliphatic heterocycles. The fourth-order valence-corrected chi connectivity index (χ4v) is 8.44. The van der Waals surface area contributed by atoms with Gasteiger partial charge in [-0.25, -0.2) is 0 Å². The Morgan fingerprint density at radius 2 is 1.68 bits per heavy atom. The van der Waals surface area contributed by atoms with Crippen LogP contribution in [-0.4, -0.2) is 21.8 Å². The number of aliphatic hydroxyl groups is 1. The number of carbonyl (C=O) groups is 1. The third-order valence-corrected chi connectivity index (χ3v) is 10.0. The van der Waals surface area contributed by atoms with E-state index >= 15 is 0 Å². The van der Waals surface area contributed by atoms with Crippen molar-refractivity contribution in [2.24, 2.45) is 40.4 Å². The summed E-state index contributed by atoms with van der Waals surface area (Å²) in [5, 5.41) is 11.1. The van der Waals surface area contributed by atoms with Crippen LogP contribution in [0.1, 0.15) is 78.6 Å². The summed E-state index contributed by atoms with van der Waals surface area (Å²) in [5.74, 6) is 3.81. The molecule has 0 aromatic rings. The first-order valence-corrected chi connectivity index (χ1v) is 11.6. The van der Waals surface area contributed by atoms with Gasteiger partial charge in [-0.3, -0.25) is 4.79 Å². The van der Waals surface area contributed by atoms with Crippen LogP contribution >= 0.6 is 15.9 Å². The monoisotopic (exact) mass is 410 g/mol. The number of hydrogen-bond donors (Lipinski definition) is 1. The highest BCUT2D eigenvalue weighted by Crippen LogP contribution is 2.68. The molecular formula is C22H35BrO2. The second kappa shape index (κ2) is 6.06. The van der Waals surface area contributed by atoms with E-state index in [-0.39, 0.29) is 11.3 Å². The highest BCUT2D eigenvalue weighted by atomic mass is 79.9. The van der Waals surface area contributed by atoms with Gasteiger partial charge in [-0.2, -0.15) is 0 Å². The van der Waals surface area contributed by atoms with Gasteiger partial charge in [-0.15, -0.1) is 0 Å². The molecule has 1 N–H and O–H groups in total. The summed E-state index contributed by atoms with van der Waals surface area (Å²) in [5.41, 5.74) is 0.223. The van der Waals surface area contributed by atoms with Crippen molar-refractivity contribution in [3.05, 3.63) is 0 Å². The molecule has 0 spiro atoms. The van der Waals surface area contributed by atoms with Crippen molar-refractivity contribution in [1.82, 2.24) is 0 Å². The fraction of sp³-hybridized carbons (Fsp3) is 0.955. The van der Waals surface area contributed by atoms with E-state index in [9.17, 15) is 9.90 Å². The Labute approximate surface area is 161 Å². The van der Waals surface area contributed by atoms with Crippen LogP contribution in [0.5, 0.6) is 0 Å². The summed E-state index contributed by atoms with van der Waals surface area (Å²) in [6, 6.07) is 0. The van der Waals surface area contributed by atoms with Gasteiger partial charge >= 0.3 is 0 Å². The zero-order valence-corrected chi connectivity index (χ0v) is 17.8. The van der Waals surface area contributed by atoms with Crippen molar-refractivity contribution < 1.29 is 9.90 Å². The first-order valence-electron chi connectivity index (χ1n) is 10.5. The maximum atomic E-state index is 12.5. The molecule has 2 nitrogen and oxygen atoms in total. The minimum Gasteiger partial charge on any atom is -0.390 e. The number of alkyl halides is 1. The van der Waals surface area contributed by atoms with Gasteiger partial charge in [0.1, 0.15) is 5.78 Å². The molecule has 0 heterocycles. The lowest BCUT2D eigenvalue weighted by Crippen LogP contribution is -2.55. The Morgan fingerprint density at radius 3 is 2.40 bits per heavy atom. The number of fused-ring (bicyclic) bond motifs is 5. The molecule has 0 aromatic carbocycles. The van der Waals surface area contributed by atoms with Gasteiger partial charge in [0.25, 0.3) is 0 Å². The maximum Gasteiger partial charge on any atom is 0.147 e. The fourth-order valence-electron chi connectivity index (χ4n) is 8.05. The molecule has 142 valence electrons. The molecular weight excluding hydrogens is 376 g/mol. The summed E-state index contributed by atoms with van der Waals surface area (Å²) in [6.45, 7) is 7.03. The molecule has 4 fully saturated rings. The third kappa shape index (κ3) is 2.70. The van der Waals surface area contributed by atoms with Gasteiger partial charge in [0.05, 0.1) is 10.9 Å². The Morgan fingerprint density at radius 1 is 0.960 bits per heavy atom. The van der Waals surface area contributed by atoms with Crippen molar-refractivity contribution >= 4 is 21.7 Å². The zero-order valence-electron chi connectivity index (χ0n) is 16.2. The van der Waals surface area contributed by atoms with Crippen LogP contribution in [0.15, 0.2) is 0 Å². The smallest absolute Gasteiger partial charge is 0.147 e. The van der Waals surface area contributed by atoms with E-state index in [1.807, 2.05) is 6.92 Å². The highest BCUT2D eigenvalue weighted by molar-refractivity contribution is 9.09. The van der Waals surface area contributed by atoms with Crippen molar-refractivity contribution in [3.8, 4) is 0 Å². The van der Waals surface area contributed by atoms with Crippen LogP contribution in [0, 0.1) is 40.4 Å². The molecule has 0 bridgehead atoms. The average molecular weight is 411 g/mol. The van der Waals surface area contributed by atoms with Crippen molar-refractivity contribution in [3.63, 3.8) is 0 Å². The van der Waals surface area contributed by atoms with E-state index in [2.05, 4.69) is 29.8 Å². The van der Waals surface area contributed by atoms with Crippen LogP contribution in [0.3, 0.4) is 0 Å². The van der Waals surface area contributed by atoms with Gasteiger partial charge in [0, 0.05) is 5.92 Å². The Kier molecular flexibility index (Phi) is 4.47.